The molecule has 2 aromatic heterocycles. The molecule has 4 rings (SSSR count). The van der Waals surface area contributed by atoms with Crippen molar-refractivity contribution in [2.45, 2.75) is 45.2 Å². The lowest BCUT2D eigenvalue weighted by molar-refractivity contribution is -0.134. The molecule has 1 N–H and O–H groups in total. The standard InChI is InChI=1S/C22H29N5O2S/c1-14-9-15(2)24-22(23-14)25-18(7-8-30-3)21(29)26-11-16-10-17(13-26)19-5-4-6-20(28)27(19)12-16/h4-6,9,16-18H,7-8,10-13H2,1-3H3,(H,23,24,25)/t16-,17+,18+/m1/s1. The van der Waals surface area contributed by atoms with E-state index in [9.17, 15) is 9.59 Å². The molecule has 0 radical (unpaired) electrons. The first-order valence-electron chi connectivity index (χ1n) is 10.5. The average Bonchev–Trinajstić information content (AvgIpc) is 2.70. The number of hydrogen-bond acceptors (Lipinski definition) is 6. The maximum Gasteiger partial charge on any atom is 0.250 e. The maximum atomic E-state index is 13.5. The molecule has 30 heavy (non-hydrogen) atoms. The fourth-order valence-electron chi connectivity index (χ4n) is 4.74. The second-order valence-corrected chi connectivity index (χ2v) is 9.38. The molecule has 2 bridgehead atoms. The molecular formula is C22H29N5O2S. The SMILES string of the molecule is CSCC[C@H](Nc1nc(C)cc(C)n1)C(=O)N1C[C@H]2C[C@@H](C1)c1cccc(=O)n1C2. The number of anilines is 1. The summed E-state index contributed by atoms with van der Waals surface area (Å²) in [6.07, 6.45) is 3.81. The van der Waals surface area contributed by atoms with Gasteiger partial charge in [0.2, 0.25) is 11.9 Å². The molecule has 0 aromatic carbocycles. The third-order valence-electron chi connectivity index (χ3n) is 5.99. The number of rotatable bonds is 6. The topological polar surface area (TPSA) is 80.1 Å². The van der Waals surface area contributed by atoms with Crippen LogP contribution in [-0.4, -0.2) is 56.5 Å². The van der Waals surface area contributed by atoms with E-state index in [1.165, 1.54) is 0 Å². The molecule has 1 fully saturated rings. The Labute approximate surface area is 181 Å². The summed E-state index contributed by atoms with van der Waals surface area (Å²) in [5.74, 6) is 2.04. The Hall–Kier alpha value is -2.35. The molecule has 2 aliphatic heterocycles. The van der Waals surface area contributed by atoms with E-state index >= 15 is 0 Å². The van der Waals surface area contributed by atoms with E-state index < -0.39 is 0 Å². The van der Waals surface area contributed by atoms with Crippen LogP contribution in [0.5, 0.6) is 0 Å². The van der Waals surface area contributed by atoms with Gasteiger partial charge in [0.15, 0.2) is 0 Å². The molecule has 160 valence electrons. The number of fused-ring (bicyclic) bond motifs is 4. The van der Waals surface area contributed by atoms with E-state index in [2.05, 4.69) is 21.5 Å². The molecule has 1 amide bonds. The number of likely N-dealkylation sites (tertiary alicyclic amines) is 1. The van der Waals surface area contributed by atoms with Gasteiger partial charge in [0.1, 0.15) is 6.04 Å². The first-order chi connectivity index (χ1) is 14.4. The Morgan fingerprint density at radius 2 is 2.00 bits per heavy atom. The summed E-state index contributed by atoms with van der Waals surface area (Å²) >= 11 is 1.73. The summed E-state index contributed by atoms with van der Waals surface area (Å²) < 4.78 is 1.90. The van der Waals surface area contributed by atoms with Crippen LogP contribution >= 0.6 is 11.8 Å². The van der Waals surface area contributed by atoms with E-state index in [0.29, 0.717) is 31.5 Å². The van der Waals surface area contributed by atoms with E-state index in [4.69, 9.17) is 0 Å². The summed E-state index contributed by atoms with van der Waals surface area (Å²) in [7, 11) is 0. The van der Waals surface area contributed by atoms with Crippen LogP contribution < -0.4 is 10.9 Å². The second kappa shape index (κ2) is 8.79. The van der Waals surface area contributed by atoms with Crippen LogP contribution in [0, 0.1) is 19.8 Å². The number of aromatic nitrogens is 3. The number of nitrogens with one attached hydrogen (secondary N) is 1. The van der Waals surface area contributed by atoms with Crippen LogP contribution in [0.25, 0.3) is 0 Å². The normalized spacial score (nSPS) is 21.1. The van der Waals surface area contributed by atoms with Crippen LogP contribution in [0.15, 0.2) is 29.1 Å². The molecule has 0 spiro atoms. The van der Waals surface area contributed by atoms with Crippen molar-refractivity contribution in [3.05, 3.63) is 51.7 Å². The molecule has 0 saturated carbocycles. The fourth-order valence-corrected chi connectivity index (χ4v) is 5.21. The molecule has 3 atom stereocenters. The van der Waals surface area contributed by atoms with E-state index in [0.717, 1.165) is 35.7 Å². The zero-order valence-electron chi connectivity index (χ0n) is 17.8. The molecule has 4 heterocycles. The highest BCUT2D eigenvalue weighted by Crippen LogP contribution is 2.35. The molecule has 2 aliphatic rings. The van der Waals surface area contributed by atoms with Gasteiger partial charge in [-0.25, -0.2) is 9.97 Å². The first kappa shape index (κ1) is 20.9. The minimum Gasteiger partial charge on any atom is -0.342 e. The van der Waals surface area contributed by atoms with Crippen LogP contribution in [0.4, 0.5) is 5.95 Å². The lowest BCUT2D eigenvalue weighted by Gasteiger charge is -2.43. The van der Waals surface area contributed by atoms with Gasteiger partial charge in [-0.2, -0.15) is 11.8 Å². The molecule has 0 aliphatic carbocycles. The number of thioether (sulfide) groups is 1. The predicted octanol–water partition coefficient (Wildman–Crippen LogP) is 2.43. The Bertz CT molecular complexity index is 971. The lowest BCUT2D eigenvalue weighted by Crippen LogP contribution is -2.53. The summed E-state index contributed by atoms with van der Waals surface area (Å²) in [6, 6.07) is 7.06. The van der Waals surface area contributed by atoms with Gasteiger partial charge < -0.3 is 14.8 Å². The van der Waals surface area contributed by atoms with E-state index in [1.807, 2.05) is 41.5 Å². The maximum absolute atomic E-state index is 13.5. The smallest absolute Gasteiger partial charge is 0.250 e. The fraction of sp³-hybridized carbons (Fsp3) is 0.545. The highest BCUT2D eigenvalue weighted by Gasteiger charge is 2.38. The number of carbonyl (C=O) groups excluding carboxylic acids is 1. The van der Waals surface area contributed by atoms with Crippen molar-refractivity contribution in [3.8, 4) is 0 Å². The largest absolute Gasteiger partial charge is 0.342 e. The molecule has 2 aromatic rings. The van der Waals surface area contributed by atoms with Crippen molar-refractivity contribution in [1.82, 2.24) is 19.4 Å². The Kier molecular flexibility index (Phi) is 6.13. The van der Waals surface area contributed by atoms with Crippen molar-refractivity contribution in [1.29, 1.82) is 0 Å². The third-order valence-corrected chi connectivity index (χ3v) is 6.63. The summed E-state index contributed by atoms with van der Waals surface area (Å²) in [6.45, 7) is 5.91. The van der Waals surface area contributed by atoms with Gasteiger partial charge in [-0.1, -0.05) is 6.07 Å². The van der Waals surface area contributed by atoms with Gasteiger partial charge in [-0.3, -0.25) is 9.59 Å². The Balaban J connectivity index is 1.54. The molecule has 8 heteroatoms. The van der Waals surface area contributed by atoms with Gasteiger partial charge in [-0.05, 0) is 56.7 Å². The summed E-state index contributed by atoms with van der Waals surface area (Å²) in [4.78, 5) is 36.7. The minimum absolute atomic E-state index is 0.0634. The quantitative estimate of drug-likeness (QED) is 0.763. The molecular weight excluding hydrogens is 398 g/mol. The van der Waals surface area contributed by atoms with Gasteiger partial charge >= 0.3 is 0 Å². The van der Waals surface area contributed by atoms with E-state index in [-0.39, 0.29) is 23.4 Å². The van der Waals surface area contributed by atoms with Gasteiger partial charge in [0.05, 0.1) is 0 Å². The second-order valence-electron chi connectivity index (χ2n) is 8.39. The summed E-state index contributed by atoms with van der Waals surface area (Å²) in [5, 5.41) is 3.30. The zero-order valence-corrected chi connectivity index (χ0v) is 18.6. The van der Waals surface area contributed by atoms with Gasteiger partial charge in [-0.15, -0.1) is 0 Å². The Morgan fingerprint density at radius 3 is 2.73 bits per heavy atom. The third kappa shape index (κ3) is 4.38. The van der Waals surface area contributed by atoms with Crippen LogP contribution in [-0.2, 0) is 11.3 Å². The molecule has 1 saturated heterocycles. The number of hydrogen-bond donors (Lipinski definition) is 1. The predicted molar refractivity (Wildman–Crippen MR) is 120 cm³/mol. The van der Waals surface area contributed by atoms with Crippen molar-refractivity contribution in [2.75, 3.05) is 30.4 Å². The van der Waals surface area contributed by atoms with Crippen molar-refractivity contribution >= 4 is 23.6 Å². The highest BCUT2D eigenvalue weighted by molar-refractivity contribution is 7.98. The minimum atomic E-state index is -0.351. The van der Waals surface area contributed by atoms with E-state index in [1.54, 1.807) is 17.8 Å². The zero-order chi connectivity index (χ0) is 21.3. The highest BCUT2D eigenvalue weighted by atomic mass is 32.2. The summed E-state index contributed by atoms with van der Waals surface area (Å²) in [5.41, 5.74) is 2.89. The molecule has 0 unspecified atom stereocenters. The molecule has 7 nitrogen and oxygen atoms in total. The van der Waals surface area contributed by atoms with Crippen LogP contribution in [0.2, 0.25) is 0 Å². The van der Waals surface area contributed by atoms with Crippen molar-refractivity contribution < 1.29 is 4.79 Å². The number of piperidine rings is 1. The van der Waals surface area contributed by atoms with Gasteiger partial charge in [0.25, 0.3) is 5.56 Å². The average molecular weight is 428 g/mol. The lowest BCUT2D eigenvalue weighted by atomic mass is 9.83. The van der Waals surface area contributed by atoms with Crippen molar-refractivity contribution in [2.24, 2.45) is 5.92 Å². The van der Waals surface area contributed by atoms with Gasteiger partial charge in [0, 0.05) is 48.7 Å². The number of carbonyl (C=O) groups is 1. The number of aryl methyl sites for hydroxylation is 2. The monoisotopic (exact) mass is 427 g/mol. The first-order valence-corrected chi connectivity index (χ1v) is 11.9. The van der Waals surface area contributed by atoms with Crippen LogP contribution in [0.3, 0.4) is 0 Å². The number of pyridine rings is 1. The van der Waals surface area contributed by atoms with Crippen LogP contribution in [0.1, 0.15) is 35.8 Å². The number of amides is 1. The Morgan fingerprint density at radius 1 is 1.23 bits per heavy atom. The van der Waals surface area contributed by atoms with Crippen molar-refractivity contribution in [3.63, 3.8) is 0 Å². The number of nitrogens with zero attached hydrogens (tertiary/aromatic N) is 4.